The Labute approximate surface area is 146 Å². The Morgan fingerprint density at radius 1 is 1.12 bits per heavy atom. The van der Waals surface area contributed by atoms with Gasteiger partial charge < -0.3 is 10.4 Å². The summed E-state index contributed by atoms with van der Waals surface area (Å²) in [6.07, 6.45) is 1.73. The number of hydrogen-bond donors (Lipinski definition) is 2. The lowest BCUT2D eigenvalue weighted by molar-refractivity contribution is 0.0945. The zero-order chi connectivity index (χ0) is 17.8. The number of hydrogen-bond acceptors (Lipinski definition) is 3. The topological polar surface area (TPSA) is 67.2 Å². The number of carbonyl (C=O) groups excluding carboxylic acids is 1. The molecule has 1 amide bonds. The van der Waals surface area contributed by atoms with Crippen LogP contribution in [0.5, 0.6) is 0 Å². The Bertz CT molecular complexity index is 885. The van der Waals surface area contributed by atoms with Gasteiger partial charge in [0.1, 0.15) is 5.69 Å². The van der Waals surface area contributed by atoms with Crippen molar-refractivity contribution in [3.63, 3.8) is 0 Å². The van der Waals surface area contributed by atoms with Gasteiger partial charge in [0.05, 0.1) is 17.9 Å². The highest BCUT2D eigenvalue weighted by molar-refractivity contribution is 6.00. The Morgan fingerprint density at radius 2 is 1.88 bits per heavy atom. The fraction of sp³-hybridized carbons (Fsp3) is 0.200. The van der Waals surface area contributed by atoms with Gasteiger partial charge in [0.25, 0.3) is 5.91 Å². The van der Waals surface area contributed by atoms with Crippen LogP contribution in [0.3, 0.4) is 0 Å². The number of aryl methyl sites for hydroxylation is 2. The molecule has 0 bridgehead atoms. The van der Waals surface area contributed by atoms with Crippen LogP contribution in [0.25, 0.3) is 16.9 Å². The quantitative estimate of drug-likeness (QED) is 0.753. The number of carbonyl (C=O) groups is 1. The van der Waals surface area contributed by atoms with Gasteiger partial charge in [-0.25, -0.2) is 4.68 Å². The van der Waals surface area contributed by atoms with Gasteiger partial charge in [-0.2, -0.15) is 5.10 Å². The Kier molecular flexibility index (Phi) is 4.95. The van der Waals surface area contributed by atoms with Crippen LogP contribution in [0.15, 0.2) is 54.7 Å². The van der Waals surface area contributed by atoms with Gasteiger partial charge in [0.2, 0.25) is 0 Å². The van der Waals surface area contributed by atoms with Crippen molar-refractivity contribution in [3.05, 3.63) is 71.4 Å². The molecule has 2 N–H and O–H groups in total. The van der Waals surface area contributed by atoms with Gasteiger partial charge in [-0.3, -0.25) is 4.79 Å². The van der Waals surface area contributed by atoms with Crippen LogP contribution in [0.1, 0.15) is 21.5 Å². The van der Waals surface area contributed by atoms with Crippen molar-refractivity contribution in [3.8, 4) is 16.9 Å². The molecular formula is C20H21N3O2. The van der Waals surface area contributed by atoms with E-state index >= 15 is 0 Å². The van der Waals surface area contributed by atoms with E-state index in [9.17, 15) is 4.79 Å². The van der Waals surface area contributed by atoms with Crippen molar-refractivity contribution in [1.82, 2.24) is 15.1 Å². The predicted molar refractivity (Wildman–Crippen MR) is 97.9 cm³/mol. The fourth-order valence-corrected chi connectivity index (χ4v) is 2.62. The van der Waals surface area contributed by atoms with E-state index in [0.717, 1.165) is 16.8 Å². The predicted octanol–water partition coefficient (Wildman–Crippen LogP) is 2.88. The monoisotopic (exact) mass is 335 g/mol. The van der Waals surface area contributed by atoms with Gasteiger partial charge in [-0.15, -0.1) is 0 Å². The van der Waals surface area contributed by atoms with Crippen molar-refractivity contribution in [2.45, 2.75) is 13.8 Å². The summed E-state index contributed by atoms with van der Waals surface area (Å²) < 4.78 is 1.71. The molecule has 5 heteroatoms. The van der Waals surface area contributed by atoms with E-state index in [1.54, 1.807) is 10.9 Å². The van der Waals surface area contributed by atoms with E-state index in [1.165, 1.54) is 5.56 Å². The van der Waals surface area contributed by atoms with Crippen LogP contribution in [0, 0.1) is 13.8 Å². The second kappa shape index (κ2) is 7.32. The maximum atomic E-state index is 12.5. The summed E-state index contributed by atoms with van der Waals surface area (Å²) >= 11 is 0. The van der Waals surface area contributed by atoms with E-state index in [0.29, 0.717) is 11.3 Å². The summed E-state index contributed by atoms with van der Waals surface area (Å²) in [6, 6.07) is 15.7. The zero-order valence-electron chi connectivity index (χ0n) is 14.4. The number of nitrogens with one attached hydrogen (secondary N) is 1. The SMILES string of the molecule is Cc1ccc(-c2nn(-c3ccccc3)cc2C(=O)NCCO)cc1C. The van der Waals surface area contributed by atoms with Gasteiger partial charge >= 0.3 is 0 Å². The average Bonchev–Trinajstić information content (AvgIpc) is 3.08. The molecule has 0 fully saturated rings. The number of aliphatic hydroxyl groups is 1. The molecule has 0 unspecified atom stereocenters. The molecule has 0 saturated carbocycles. The summed E-state index contributed by atoms with van der Waals surface area (Å²) in [6.45, 7) is 4.20. The summed E-state index contributed by atoms with van der Waals surface area (Å²) in [5, 5.41) is 16.3. The molecule has 0 aliphatic rings. The van der Waals surface area contributed by atoms with E-state index < -0.39 is 0 Å². The third-order valence-corrected chi connectivity index (χ3v) is 4.16. The highest BCUT2D eigenvalue weighted by atomic mass is 16.3. The molecule has 0 atom stereocenters. The van der Waals surface area contributed by atoms with Crippen molar-refractivity contribution < 1.29 is 9.90 Å². The number of rotatable bonds is 5. The minimum absolute atomic E-state index is 0.0997. The van der Waals surface area contributed by atoms with E-state index in [1.807, 2.05) is 55.5 Å². The standard InChI is InChI=1S/C20H21N3O2/c1-14-8-9-16(12-15(14)2)19-18(20(25)21-10-11-24)13-23(22-19)17-6-4-3-5-7-17/h3-9,12-13,24H,10-11H2,1-2H3,(H,21,25). The Hall–Kier alpha value is -2.92. The van der Waals surface area contributed by atoms with Crippen molar-refractivity contribution in [2.24, 2.45) is 0 Å². The van der Waals surface area contributed by atoms with E-state index in [4.69, 9.17) is 5.11 Å². The molecule has 2 aromatic carbocycles. The summed E-state index contributed by atoms with van der Waals surface area (Å²) in [5.41, 5.74) is 5.23. The number of nitrogens with zero attached hydrogens (tertiary/aromatic N) is 2. The lowest BCUT2D eigenvalue weighted by Gasteiger charge is -2.06. The molecule has 1 aromatic heterocycles. The third-order valence-electron chi connectivity index (χ3n) is 4.16. The van der Waals surface area contributed by atoms with Crippen LogP contribution >= 0.6 is 0 Å². The van der Waals surface area contributed by atoms with Crippen LogP contribution in [-0.2, 0) is 0 Å². The first-order valence-corrected chi connectivity index (χ1v) is 8.22. The van der Waals surface area contributed by atoms with Crippen molar-refractivity contribution in [2.75, 3.05) is 13.2 Å². The average molecular weight is 335 g/mol. The molecule has 0 saturated heterocycles. The largest absolute Gasteiger partial charge is 0.395 e. The molecule has 128 valence electrons. The van der Waals surface area contributed by atoms with Crippen LogP contribution in [-0.4, -0.2) is 33.9 Å². The second-order valence-corrected chi connectivity index (χ2v) is 5.95. The molecule has 3 aromatic rings. The smallest absolute Gasteiger partial charge is 0.255 e. The first-order chi connectivity index (χ1) is 12.1. The lowest BCUT2D eigenvalue weighted by atomic mass is 10.0. The molecule has 1 heterocycles. The number of para-hydroxylation sites is 1. The molecule has 25 heavy (non-hydrogen) atoms. The highest BCUT2D eigenvalue weighted by Gasteiger charge is 2.18. The number of amides is 1. The summed E-state index contributed by atoms with van der Waals surface area (Å²) in [4.78, 5) is 12.5. The molecule has 0 aliphatic heterocycles. The minimum Gasteiger partial charge on any atom is -0.395 e. The van der Waals surface area contributed by atoms with Gasteiger partial charge in [-0.1, -0.05) is 30.3 Å². The Balaban J connectivity index is 2.09. The van der Waals surface area contributed by atoms with Crippen molar-refractivity contribution >= 4 is 5.91 Å². The molecule has 3 rings (SSSR count). The second-order valence-electron chi connectivity index (χ2n) is 5.95. The van der Waals surface area contributed by atoms with E-state index in [-0.39, 0.29) is 19.1 Å². The molecule has 0 radical (unpaired) electrons. The molecule has 0 spiro atoms. The number of aromatic nitrogens is 2. The van der Waals surface area contributed by atoms with Gasteiger partial charge in [0.15, 0.2) is 0 Å². The summed E-state index contributed by atoms with van der Waals surface area (Å²) in [7, 11) is 0. The van der Waals surface area contributed by atoms with Crippen LogP contribution in [0.2, 0.25) is 0 Å². The maximum absolute atomic E-state index is 12.5. The zero-order valence-corrected chi connectivity index (χ0v) is 14.4. The molecule has 5 nitrogen and oxygen atoms in total. The fourth-order valence-electron chi connectivity index (χ4n) is 2.62. The van der Waals surface area contributed by atoms with Gasteiger partial charge in [0, 0.05) is 18.3 Å². The lowest BCUT2D eigenvalue weighted by Crippen LogP contribution is -2.26. The third kappa shape index (κ3) is 3.61. The minimum atomic E-state index is -0.246. The molecule has 0 aliphatic carbocycles. The maximum Gasteiger partial charge on any atom is 0.255 e. The first-order valence-electron chi connectivity index (χ1n) is 8.22. The number of aliphatic hydroxyl groups excluding tert-OH is 1. The first kappa shape index (κ1) is 16.9. The normalized spacial score (nSPS) is 10.7. The van der Waals surface area contributed by atoms with Crippen LogP contribution in [0.4, 0.5) is 0 Å². The molecular weight excluding hydrogens is 314 g/mol. The van der Waals surface area contributed by atoms with Gasteiger partial charge in [-0.05, 0) is 43.2 Å². The van der Waals surface area contributed by atoms with Crippen LogP contribution < -0.4 is 5.32 Å². The van der Waals surface area contributed by atoms with Crippen molar-refractivity contribution in [1.29, 1.82) is 0 Å². The highest BCUT2D eigenvalue weighted by Crippen LogP contribution is 2.25. The van der Waals surface area contributed by atoms with E-state index in [2.05, 4.69) is 17.3 Å². The number of benzene rings is 2. The Morgan fingerprint density at radius 3 is 2.56 bits per heavy atom. The summed E-state index contributed by atoms with van der Waals surface area (Å²) in [5.74, 6) is -0.246.